The third-order valence-corrected chi connectivity index (χ3v) is 8.22. The first-order chi connectivity index (χ1) is 16.5. The lowest BCUT2D eigenvalue weighted by molar-refractivity contribution is 0.161. The summed E-state index contributed by atoms with van der Waals surface area (Å²) in [4.78, 5) is 2.28. The summed E-state index contributed by atoms with van der Waals surface area (Å²) in [5, 5.41) is 5.15. The maximum absolute atomic E-state index is 14.1. The number of hydrogen-bond acceptors (Lipinski definition) is 4. The first kappa shape index (κ1) is 22.7. The number of halogens is 2. The van der Waals surface area contributed by atoms with E-state index >= 15 is 0 Å². The van der Waals surface area contributed by atoms with Crippen LogP contribution in [0.15, 0.2) is 72.0 Å². The van der Waals surface area contributed by atoms with Crippen LogP contribution in [0.4, 0.5) is 8.78 Å². The molecule has 1 saturated heterocycles. The fraction of sp³-hybridized carbons (Fsp3) is 0.320. The van der Waals surface area contributed by atoms with E-state index in [2.05, 4.69) is 10.00 Å². The molecule has 0 saturated carbocycles. The highest BCUT2D eigenvalue weighted by Crippen LogP contribution is 2.33. The molecule has 0 bridgehead atoms. The van der Waals surface area contributed by atoms with Gasteiger partial charge < -0.3 is 4.90 Å². The van der Waals surface area contributed by atoms with Gasteiger partial charge in [-0.05, 0) is 62.2 Å². The molecule has 0 radical (unpaired) electrons. The number of piperidine rings is 1. The van der Waals surface area contributed by atoms with Gasteiger partial charge in [0.15, 0.2) is 0 Å². The fourth-order valence-corrected chi connectivity index (χ4v) is 6.07. The van der Waals surface area contributed by atoms with Crippen molar-refractivity contribution < 1.29 is 17.2 Å². The van der Waals surface area contributed by atoms with Gasteiger partial charge in [0, 0.05) is 42.0 Å². The van der Waals surface area contributed by atoms with Crippen molar-refractivity contribution in [2.75, 3.05) is 26.3 Å². The Labute approximate surface area is 197 Å². The van der Waals surface area contributed by atoms with E-state index in [4.69, 9.17) is 0 Å². The molecule has 2 aromatic heterocycles. The Morgan fingerprint density at radius 3 is 2.53 bits per heavy atom. The van der Waals surface area contributed by atoms with Crippen molar-refractivity contribution in [3.05, 3.63) is 72.9 Å². The summed E-state index contributed by atoms with van der Waals surface area (Å²) in [6, 6.07) is 12.3. The van der Waals surface area contributed by atoms with Gasteiger partial charge in [0.2, 0.25) is 0 Å². The van der Waals surface area contributed by atoms with E-state index in [0.29, 0.717) is 23.4 Å². The molecule has 178 valence electrons. The molecule has 1 aliphatic heterocycles. The van der Waals surface area contributed by atoms with Crippen LogP contribution in [0.2, 0.25) is 0 Å². The fourth-order valence-electron chi connectivity index (χ4n) is 4.69. The van der Waals surface area contributed by atoms with Crippen molar-refractivity contribution in [1.29, 1.82) is 0 Å². The largest absolute Gasteiger partial charge is 0.301 e. The normalized spacial score (nSPS) is 15.8. The zero-order valence-corrected chi connectivity index (χ0v) is 19.5. The molecule has 9 heteroatoms. The maximum atomic E-state index is 14.1. The zero-order valence-electron chi connectivity index (χ0n) is 18.6. The summed E-state index contributed by atoms with van der Waals surface area (Å²) in [5.41, 5.74) is 1.74. The van der Waals surface area contributed by atoms with Gasteiger partial charge in [0.25, 0.3) is 10.0 Å². The van der Waals surface area contributed by atoms with Gasteiger partial charge in [0.1, 0.15) is 12.5 Å². The average molecular weight is 485 g/mol. The van der Waals surface area contributed by atoms with Crippen molar-refractivity contribution in [2.24, 2.45) is 5.92 Å². The molecule has 0 unspecified atom stereocenters. The van der Waals surface area contributed by atoms with E-state index in [-0.39, 0.29) is 17.1 Å². The molecular formula is C25H26F2N4O2S. The Hall–Kier alpha value is -3.04. The van der Waals surface area contributed by atoms with Crippen LogP contribution in [0.5, 0.6) is 0 Å². The molecule has 1 aliphatic rings. The molecule has 1 fully saturated rings. The first-order valence-electron chi connectivity index (χ1n) is 11.4. The molecular weight excluding hydrogens is 458 g/mol. The van der Waals surface area contributed by atoms with Crippen LogP contribution in [0.25, 0.3) is 22.0 Å². The second-order valence-corrected chi connectivity index (χ2v) is 10.6. The van der Waals surface area contributed by atoms with Crippen LogP contribution >= 0.6 is 0 Å². The summed E-state index contributed by atoms with van der Waals surface area (Å²) in [6.07, 6.45) is 7.15. The van der Waals surface area contributed by atoms with Crippen LogP contribution in [0.3, 0.4) is 0 Å². The van der Waals surface area contributed by atoms with Crippen LogP contribution in [0, 0.1) is 11.7 Å². The Balaban J connectivity index is 1.46. The summed E-state index contributed by atoms with van der Waals surface area (Å²) in [5.74, 6) is -0.0473. The van der Waals surface area contributed by atoms with E-state index in [9.17, 15) is 17.2 Å². The molecule has 5 rings (SSSR count). The van der Waals surface area contributed by atoms with Gasteiger partial charge in [-0.2, -0.15) is 5.10 Å². The minimum Gasteiger partial charge on any atom is -0.301 e. The predicted molar refractivity (Wildman–Crippen MR) is 127 cm³/mol. The van der Waals surface area contributed by atoms with Crippen LogP contribution < -0.4 is 0 Å². The summed E-state index contributed by atoms with van der Waals surface area (Å²) in [7, 11) is -3.90. The van der Waals surface area contributed by atoms with E-state index in [1.807, 2.05) is 10.9 Å². The lowest BCUT2D eigenvalue weighted by Gasteiger charge is -2.31. The number of benzene rings is 2. The second-order valence-electron chi connectivity index (χ2n) is 8.74. The molecule has 2 aromatic carbocycles. The monoisotopic (exact) mass is 484 g/mol. The van der Waals surface area contributed by atoms with Gasteiger partial charge in [-0.25, -0.2) is 21.2 Å². The first-order valence-corrected chi connectivity index (χ1v) is 12.8. The highest BCUT2D eigenvalue weighted by atomic mass is 32.2. The van der Waals surface area contributed by atoms with Gasteiger partial charge in [-0.3, -0.25) is 4.68 Å². The average Bonchev–Trinajstić information content (AvgIpc) is 3.45. The number of rotatable bonds is 7. The third kappa shape index (κ3) is 4.37. The molecule has 0 amide bonds. The van der Waals surface area contributed by atoms with E-state index < -0.39 is 15.8 Å². The van der Waals surface area contributed by atoms with Crippen molar-refractivity contribution in [3.63, 3.8) is 0 Å². The minimum absolute atomic E-state index is 0.137. The Morgan fingerprint density at radius 2 is 1.79 bits per heavy atom. The molecule has 4 aromatic rings. The van der Waals surface area contributed by atoms with E-state index in [1.54, 1.807) is 36.7 Å². The van der Waals surface area contributed by atoms with Crippen LogP contribution in [-0.2, 0) is 16.6 Å². The van der Waals surface area contributed by atoms with Gasteiger partial charge in [-0.1, -0.05) is 18.2 Å². The lowest BCUT2D eigenvalue weighted by atomic mass is 9.97. The molecule has 6 nitrogen and oxygen atoms in total. The molecule has 3 heterocycles. The van der Waals surface area contributed by atoms with E-state index in [0.717, 1.165) is 42.0 Å². The standard InChI is InChI=1S/C25H26F2N4O2S/c26-10-13-29-11-8-19(9-12-29)16-30-17-20(15-28-30)24-18-31(25-14-21(27)6-7-23(24)25)34(32,33)22-4-2-1-3-5-22/h1-7,14-15,17-19H,8-13,16H2. The van der Waals surface area contributed by atoms with Crippen molar-refractivity contribution >= 4 is 20.9 Å². The maximum Gasteiger partial charge on any atom is 0.268 e. The van der Waals surface area contributed by atoms with Crippen molar-refractivity contribution in [3.8, 4) is 11.1 Å². The minimum atomic E-state index is -3.90. The topological polar surface area (TPSA) is 60.1 Å². The lowest BCUT2D eigenvalue weighted by Crippen LogP contribution is -2.36. The number of nitrogens with zero attached hydrogens (tertiary/aromatic N) is 4. The number of fused-ring (bicyclic) bond motifs is 1. The highest BCUT2D eigenvalue weighted by molar-refractivity contribution is 7.90. The van der Waals surface area contributed by atoms with Crippen molar-refractivity contribution in [2.45, 2.75) is 24.3 Å². The Bertz CT molecular complexity index is 1390. The number of aromatic nitrogens is 3. The molecule has 0 aliphatic carbocycles. The van der Waals surface area contributed by atoms with Gasteiger partial charge >= 0.3 is 0 Å². The smallest absolute Gasteiger partial charge is 0.268 e. The van der Waals surface area contributed by atoms with Gasteiger partial charge in [-0.15, -0.1) is 0 Å². The Morgan fingerprint density at radius 1 is 1.03 bits per heavy atom. The molecule has 34 heavy (non-hydrogen) atoms. The third-order valence-electron chi connectivity index (χ3n) is 6.53. The number of hydrogen-bond donors (Lipinski definition) is 0. The molecule has 0 spiro atoms. The highest BCUT2D eigenvalue weighted by Gasteiger charge is 2.23. The van der Waals surface area contributed by atoms with E-state index in [1.165, 1.54) is 24.3 Å². The van der Waals surface area contributed by atoms with Crippen LogP contribution in [-0.4, -0.2) is 53.4 Å². The van der Waals surface area contributed by atoms with Crippen molar-refractivity contribution in [1.82, 2.24) is 18.7 Å². The number of alkyl halides is 1. The number of likely N-dealkylation sites (tertiary alicyclic amines) is 1. The molecule has 0 N–H and O–H groups in total. The summed E-state index contributed by atoms with van der Waals surface area (Å²) >= 11 is 0. The quantitative estimate of drug-likeness (QED) is 0.386. The second kappa shape index (κ2) is 9.31. The Kier molecular flexibility index (Phi) is 6.22. The van der Waals surface area contributed by atoms with Crippen LogP contribution in [0.1, 0.15) is 12.8 Å². The predicted octanol–water partition coefficient (Wildman–Crippen LogP) is 4.56. The summed E-state index contributed by atoms with van der Waals surface area (Å²) < 4.78 is 56.4. The zero-order chi connectivity index (χ0) is 23.7. The van der Waals surface area contributed by atoms with Gasteiger partial charge in [0.05, 0.1) is 16.6 Å². The SMILES string of the molecule is O=S(=O)(c1ccccc1)n1cc(-c2cnn(CC3CCN(CCF)CC3)c2)c2ccc(F)cc21. The summed E-state index contributed by atoms with van der Waals surface area (Å²) in [6.45, 7) is 2.71. The molecule has 0 atom stereocenters.